The van der Waals surface area contributed by atoms with Crippen LogP contribution in [0.1, 0.15) is 17.5 Å². The van der Waals surface area contributed by atoms with Crippen molar-refractivity contribution in [1.82, 2.24) is 4.90 Å². The normalized spacial score (nSPS) is 19.4. The van der Waals surface area contributed by atoms with Gasteiger partial charge in [-0.2, -0.15) is 13.2 Å². The van der Waals surface area contributed by atoms with Crippen LogP contribution in [0.15, 0.2) is 18.2 Å². The lowest BCUT2D eigenvalue weighted by Gasteiger charge is -2.31. The van der Waals surface area contributed by atoms with E-state index in [1.54, 1.807) is 0 Å². The van der Waals surface area contributed by atoms with Gasteiger partial charge in [-0.25, -0.2) is 4.39 Å². The fraction of sp³-hybridized carbons (Fsp3) is 0.462. The Morgan fingerprint density at radius 2 is 2.05 bits per heavy atom. The number of halogens is 4. The van der Waals surface area contributed by atoms with Gasteiger partial charge in [-0.05, 0) is 42.4 Å². The third kappa shape index (κ3) is 2.97. The zero-order chi connectivity index (χ0) is 14.9. The lowest BCUT2D eigenvalue weighted by Crippen LogP contribution is -2.47. The molecule has 0 saturated carbocycles. The number of aryl methyl sites for hydroxylation is 1. The van der Waals surface area contributed by atoms with Crippen LogP contribution in [-0.2, 0) is 17.8 Å². The average Bonchev–Trinajstić information content (AvgIpc) is 2.56. The van der Waals surface area contributed by atoms with Crippen LogP contribution in [0, 0.1) is 5.82 Å². The van der Waals surface area contributed by atoms with E-state index in [9.17, 15) is 22.4 Å². The molecule has 1 aliphatic rings. The maximum Gasteiger partial charge on any atom is 0.408 e. The molecule has 1 heterocycles. The number of nitrogens with zero attached hydrogens (tertiary/aromatic N) is 1. The fourth-order valence-electron chi connectivity index (χ4n) is 2.53. The van der Waals surface area contributed by atoms with Crippen molar-refractivity contribution < 1.29 is 22.4 Å². The van der Waals surface area contributed by atoms with Crippen molar-refractivity contribution in [2.75, 3.05) is 0 Å². The minimum absolute atomic E-state index is 0.0170. The Labute approximate surface area is 115 Å². The zero-order valence-corrected chi connectivity index (χ0v) is 11.0. The molecule has 0 bridgehead atoms. The van der Waals surface area contributed by atoms with E-state index in [4.69, 9.17) is 0 Å². The third-order valence-electron chi connectivity index (χ3n) is 3.57. The van der Waals surface area contributed by atoms with Gasteiger partial charge in [0.05, 0.1) is 0 Å². The molecule has 1 aromatic carbocycles. The highest BCUT2D eigenvalue weighted by Gasteiger charge is 2.45. The molecule has 0 radical (unpaired) electrons. The number of carbonyl (C=O) groups excluding carboxylic acids is 1. The van der Waals surface area contributed by atoms with Crippen LogP contribution in [0.4, 0.5) is 17.6 Å². The first kappa shape index (κ1) is 14.9. The van der Waals surface area contributed by atoms with Gasteiger partial charge in [0.15, 0.2) is 0 Å². The Bertz CT molecular complexity index is 518. The van der Waals surface area contributed by atoms with Crippen molar-refractivity contribution in [3.05, 3.63) is 35.1 Å². The Morgan fingerprint density at radius 1 is 1.35 bits per heavy atom. The summed E-state index contributed by atoms with van der Waals surface area (Å²) in [6.45, 7) is -0.119. The maximum absolute atomic E-state index is 13.2. The monoisotopic (exact) mass is 287 g/mol. The topological polar surface area (TPSA) is 20.3 Å². The van der Waals surface area contributed by atoms with Crippen LogP contribution in [-0.4, -0.2) is 30.9 Å². The average molecular weight is 287 g/mol. The summed E-state index contributed by atoms with van der Waals surface area (Å²) in [7, 11) is 1.53. The molecule has 0 fully saturated rings. The summed E-state index contributed by atoms with van der Waals surface area (Å²) >= 11 is 0. The molecule has 2 rings (SSSR count). The molecule has 1 aliphatic heterocycles. The van der Waals surface area contributed by atoms with Crippen molar-refractivity contribution in [2.24, 2.45) is 0 Å². The summed E-state index contributed by atoms with van der Waals surface area (Å²) in [4.78, 5) is 12.7. The standard InChI is InChI=1S/C13H14BF4NO/c14-6-12(20)19-7-9-1-3-10(15)5-8(9)2-4-11(19)13(16,17)18/h1,3,5,11H,2,4,6-7,14H2. The lowest BCUT2D eigenvalue weighted by molar-refractivity contribution is -0.191. The molecule has 20 heavy (non-hydrogen) atoms. The van der Waals surface area contributed by atoms with Gasteiger partial charge in [-0.3, -0.25) is 4.79 Å². The van der Waals surface area contributed by atoms with Gasteiger partial charge in [0.1, 0.15) is 19.7 Å². The molecule has 0 N–H and O–H groups in total. The highest BCUT2D eigenvalue weighted by atomic mass is 19.4. The summed E-state index contributed by atoms with van der Waals surface area (Å²) in [6, 6.07) is 2.12. The number of hydrogen-bond acceptors (Lipinski definition) is 1. The minimum atomic E-state index is -4.47. The highest BCUT2D eigenvalue weighted by Crippen LogP contribution is 2.33. The molecular weight excluding hydrogens is 273 g/mol. The van der Waals surface area contributed by atoms with E-state index in [1.165, 1.54) is 26.0 Å². The molecule has 108 valence electrons. The van der Waals surface area contributed by atoms with Crippen molar-refractivity contribution in [2.45, 2.75) is 37.9 Å². The molecular formula is C13H14BF4NO. The highest BCUT2D eigenvalue weighted by molar-refractivity contribution is 6.19. The minimum Gasteiger partial charge on any atom is -0.327 e. The van der Waals surface area contributed by atoms with Gasteiger partial charge in [0.2, 0.25) is 5.91 Å². The summed E-state index contributed by atoms with van der Waals surface area (Å²) in [5, 5.41) is 0. The summed E-state index contributed by atoms with van der Waals surface area (Å²) in [5.74, 6) is -1.01. The first-order valence-electron chi connectivity index (χ1n) is 6.46. The smallest absolute Gasteiger partial charge is 0.327 e. The van der Waals surface area contributed by atoms with Gasteiger partial charge in [0, 0.05) is 6.54 Å². The van der Waals surface area contributed by atoms with E-state index in [2.05, 4.69) is 0 Å². The van der Waals surface area contributed by atoms with Crippen LogP contribution in [0.5, 0.6) is 0 Å². The molecule has 0 spiro atoms. The SMILES string of the molecule is BCC(=O)N1Cc2ccc(F)cc2CCC1C(F)(F)F. The van der Waals surface area contributed by atoms with Gasteiger partial charge >= 0.3 is 6.18 Å². The summed E-state index contributed by atoms with van der Waals surface area (Å²) < 4.78 is 52.5. The van der Waals surface area contributed by atoms with Crippen molar-refractivity contribution in [3.8, 4) is 0 Å². The molecule has 1 atom stereocenters. The molecule has 0 aromatic heterocycles. The number of hydrogen-bond donors (Lipinski definition) is 0. The molecule has 1 unspecified atom stereocenters. The number of alkyl halides is 3. The Balaban J connectivity index is 2.39. The van der Waals surface area contributed by atoms with E-state index in [0.29, 0.717) is 11.1 Å². The number of rotatable bonds is 1. The Hall–Kier alpha value is -1.53. The molecule has 1 aromatic rings. The number of fused-ring (bicyclic) bond motifs is 1. The van der Waals surface area contributed by atoms with Crippen LogP contribution >= 0.6 is 0 Å². The maximum atomic E-state index is 13.2. The first-order chi connectivity index (χ1) is 9.32. The van der Waals surface area contributed by atoms with E-state index in [1.807, 2.05) is 0 Å². The Kier molecular flexibility index (Phi) is 4.06. The van der Waals surface area contributed by atoms with Gasteiger partial charge in [0.25, 0.3) is 0 Å². The Morgan fingerprint density at radius 3 is 2.65 bits per heavy atom. The van der Waals surface area contributed by atoms with Crippen LogP contribution in [0.3, 0.4) is 0 Å². The van der Waals surface area contributed by atoms with Crippen molar-refractivity contribution in [1.29, 1.82) is 0 Å². The summed E-state index contributed by atoms with van der Waals surface area (Å²) in [6.07, 6.45) is -4.56. The zero-order valence-electron chi connectivity index (χ0n) is 11.0. The predicted molar refractivity (Wildman–Crippen MR) is 68.5 cm³/mol. The molecule has 1 amide bonds. The molecule has 0 saturated heterocycles. The first-order valence-corrected chi connectivity index (χ1v) is 6.46. The van der Waals surface area contributed by atoms with Gasteiger partial charge in [-0.15, -0.1) is 0 Å². The van der Waals surface area contributed by atoms with Crippen LogP contribution < -0.4 is 0 Å². The van der Waals surface area contributed by atoms with Crippen LogP contribution in [0.2, 0.25) is 6.32 Å². The second-order valence-corrected chi connectivity index (χ2v) is 4.88. The van der Waals surface area contributed by atoms with Crippen LogP contribution in [0.25, 0.3) is 0 Å². The second kappa shape index (κ2) is 5.46. The molecule has 2 nitrogen and oxygen atoms in total. The fourth-order valence-corrected chi connectivity index (χ4v) is 2.53. The largest absolute Gasteiger partial charge is 0.408 e. The molecule has 7 heteroatoms. The van der Waals surface area contributed by atoms with E-state index < -0.39 is 23.9 Å². The van der Waals surface area contributed by atoms with Gasteiger partial charge < -0.3 is 4.90 Å². The number of amides is 1. The predicted octanol–water partition coefficient (Wildman–Crippen LogP) is 2.08. The van der Waals surface area contributed by atoms with E-state index >= 15 is 0 Å². The summed E-state index contributed by atoms with van der Waals surface area (Å²) in [5.41, 5.74) is 1.13. The van der Waals surface area contributed by atoms with Crippen molar-refractivity contribution >= 4 is 13.8 Å². The van der Waals surface area contributed by atoms with E-state index in [0.717, 1.165) is 4.90 Å². The van der Waals surface area contributed by atoms with E-state index in [-0.39, 0.29) is 25.7 Å². The quantitative estimate of drug-likeness (QED) is 0.572. The third-order valence-corrected chi connectivity index (χ3v) is 3.57. The number of benzene rings is 1. The number of carbonyl (C=O) groups is 1. The molecule has 0 aliphatic carbocycles. The lowest BCUT2D eigenvalue weighted by atomic mass is 10.0. The van der Waals surface area contributed by atoms with Crippen molar-refractivity contribution in [3.63, 3.8) is 0 Å². The second-order valence-electron chi connectivity index (χ2n) is 4.88. The van der Waals surface area contributed by atoms with Gasteiger partial charge in [-0.1, -0.05) is 6.07 Å².